The molecule has 0 bridgehead atoms. The van der Waals surface area contributed by atoms with Gasteiger partial charge in [-0.25, -0.2) is 0 Å². The second-order valence-electron chi connectivity index (χ2n) is 6.69. The summed E-state index contributed by atoms with van der Waals surface area (Å²) in [6, 6.07) is 14.7. The lowest BCUT2D eigenvalue weighted by Crippen LogP contribution is -2.27. The van der Waals surface area contributed by atoms with E-state index in [1.54, 1.807) is 12.1 Å². The van der Waals surface area contributed by atoms with E-state index in [0.29, 0.717) is 17.2 Å². The summed E-state index contributed by atoms with van der Waals surface area (Å²) in [6.07, 6.45) is 1.91. The van der Waals surface area contributed by atoms with Crippen LogP contribution in [0.25, 0.3) is 0 Å². The summed E-state index contributed by atoms with van der Waals surface area (Å²) in [5.74, 6) is 0.641. The lowest BCUT2D eigenvalue weighted by Gasteiger charge is -2.13. The summed E-state index contributed by atoms with van der Waals surface area (Å²) < 4.78 is 7.72. The molecule has 0 aliphatic heterocycles. The Balaban J connectivity index is 1.64. The van der Waals surface area contributed by atoms with Gasteiger partial charge in [0.1, 0.15) is 12.4 Å². The van der Waals surface area contributed by atoms with E-state index in [2.05, 4.69) is 10.4 Å². The fourth-order valence-corrected chi connectivity index (χ4v) is 3.10. The predicted molar refractivity (Wildman–Crippen MR) is 111 cm³/mol. The van der Waals surface area contributed by atoms with Gasteiger partial charge in [-0.15, -0.1) is 0 Å². The van der Waals surface area contributed by atoms with Gasteiger partial charge in [0.2, 0.25) is 0 Å². The summed E-state index contributed by atoms with van der Waals surface area (Å²) in [6.45, 7) is 7.08. The molecule has 1 amide bonds. The Morgan fingerprint density at radius 2 is 2.07 bits per heavy atom. The van der Waals surface area contributed by atoms with Gasteiger partial charge in [-0.1, -0.05) is 23.7 Å². The van der Waals surface area contributed by atoms with E-state index in [0.717, 1.165) is 29.1 Å². The van der Waals surface area contributed by atoms with E-state index in [9.17, 15) is 4.79 Å². The second-order valence-corrected chi connectivity index (χ2v) is 7.13. The Morgan fingerprint density at radius 3 is 2.79 bits per heavy atom. The SMILES string of the molecule is CCn1ccc(C(C)NC(=O)c2cccc(COc3ccc(Cl)cc3C)c2)n1. The van der Waals surface area contributed by atoms with Gasteiger partial charge < -0.3 is 10.1 Å². The molecule has 0 radical (unpaired) electrons. The molecule has 0 saturated carbocycles. The number of nitrogens with zero attached hydrogens (tertiary/aromatic N) is 2. The van der Waals surface area contributed by atoms with E-state index in [1.807, 2.05) is 68.0 Å². The van der Waals surface area contributed by atoms with Crippen molar-refractivity contribution in [2.24, 2.45) is 0 Å². The molecule has 0 saturated heterocycles. The van der Waals surface area contributed by atoms with Gasteiger partial charge in [0, 0.05) is 23.3 Å². The van der Waals surface area contributed by atoms with Crippen molar-refractivity contribution < 1.29 is 9.53 Å². The smallest absolute Gasteiger partial charge is 0.251 e. The number of nitrogens with one attached hydrogen (secondary N) is 1. The molecule has 3 aromatic rings. The first-order valence-electron chi connectivity index (χ1n) is 9.28. The summed E-state index contributed by atoms with van der Waals surface area (Å²) in [5, 5.41) is 8.12. The molecule has 0 aliphatic carbocycles. The zero-order valence-electron chi connectivity index (χ0n) is 16.3. The van der Waals surface area contributed by atoms with Crippen LogP contribution in [0.1, 0.15) is 47.1 Å². The fourth-order valence-electron chi connectivity index (χ4n) is 2.88. The van der Waals surface area contributed by atoms with E-state index >= 15 is 0 Å². The Labute approximate surface area is 170 Å². The fraction of sp³-hybridized carbons (Fsp3) is 0.273. The molecule has 0 fully saturated rings. The Hall–Kier alpha value is -2.79. The molecule has 3 rings (SSSR count). The minimum Gasteiger partial charge on any atom is -0.489 e. The Kier molecular flexibility index (Phi) is 6.37. The van der Waals surface area contributed by atoms with Crippen LogP contribution in [-0.2, 0) is 13.2 Å². The summed E-state index contributed by atoms with van der Waals surface area (Å²) in [7, 11) is 0. The highest BCUT2D eigenvalue weighted by atomic mass is 35.5. The molecule has 1 atom stereocenters. The predicted octanol–water partition coefficient (Wildman–Crippen LogP) is 4.93. The molecular formula is C22H24ClN3O2. The summed E-state index contributed by atoms with van der Waals surface area (Å²) in [4.78, 5) is 12.6. The highest BCUT2D eigenvalue weighted by Crippen LogP contribution is 2.23. The van der Waals surface area contributed by atoms with Crippen molar-refractivity contribution in [3.63, 3.8) is 0 Å². The van der Waals surface area contributed by atoms with Crippen LogP contribution in [0.5, 0.6) is 5.75 Å². The van der Waals surface area contributed by atoms with Crippen LogP contribution in [-0.4, -0.2) is 15.7 Å². The highest BCUT2D eigenvalue weighted by molar-refractivity contribution is 6.30. The minimum absolute atomic E-state index is 0.136. The number of amides is 1. The quantitative estimate of drug-likeness (QED) is 0.614. The summed E-state index contributed by atoms with van der Waals surface area (Å²) in [5.41, 5.74) is 3.33. The van der Waals surface area contributed by atoms with Crippen LogP contribution >= 0.6 is 11.6 Å². The highest BCUT2D eigenvalue weighted by Gasteiger charge is 2.14. The molecule has 5 nitrogen and oxygen atoms in total. The van der Waals surface area contributed by atoms with Crippen molar-refractivity contribution >= 4 is 17.5 Å². The van der Waals surface area contributed by atoms with E-state index in [-0.39, 0.29) is 11.9 Å². The molecule has 28 heavy (non-hydrogen) atoms. The first kappa shape index (κ1) is 20.0. The third kappa shape index (κ3) is 4.93. The van der Waals surface area contributed by atoms with Crippen molar-refractivity contribution in [3.8, 4) is 5.75 Å². The maximum Gasteiger partial charge on any atom is 0.251 e. The van der Waals surface area contributed by atoms with E-state index in [1.165, 1.54) is 0 Å². The van der Waals surface area contributed by atoms with Crippen LogP contribution in [0.4, 0.5) is 0 Å². The standard InChI is InChI=1S/C22H24ClN3O2/c1-4-26-11-10-20(25-26)16(3)24-22(27)18-7-5-6-17(13-18)14-28-21-9-8-19(23)12-15(21)2/h5-13,16H,4,14H2,1-3H3,(H,24,27). The van der Waals surface area contributed by atoms with Gasteiger partial charge in [0.25, 0.3) is 5.91 Å². The lowest BCUT2D eigenvalue weighted by atomic mass is 10.1. The zero-order valence-corrected chi connectivity index (χ0v) is 17.0. The lowest BCUT2D eigenvalue weighted by molar-refractivity contribution is 0.0939. The topological polar surface area (TPSA) is 56.2 Å². The normalized spacial score (nSPS) is 11.9. The van der Waals surface area contributed by atoms with Gasteiger partial charge in [0.05, 0.1) is 11.7 Å². The van der Waals surface area contributed by atoms with E-state index in [4.69, 9.17) is 16.3 Å². The van der Waals surface area contributed by atoms with Crippen LogP contribution < -0.4 is 10.1 Å². The minimum atomic E-state index is -0.170. The van der Waals surface area contributed by atoms with Crippen molar-refractivity contribution in [1.82, 2.24) is 15.1 Å². The second kappa shape index (κ2) is 8.93. The average molecular weight is 398 g/mol. The zero-order chi connectivity index (χ0) is 20.1. The Morgan fingerprint density at radius 1 is 1.25 bits per heavy atom. The third-order valence-corrected chi connectivity index (χ3v) is 4.73. The van der Waals surface area contributed by atoms with E-state index < -0.39 is 0 Å². The largest absolute Gasteiger partial charge is 0.489 e. The van der Waals surface area contributed by atoms with Gasteiger partial charge in [-0.2, -0.15) is 5.10 Å². The number of halogens is 1. The molecule has 0 spiro atoms. The first-order valence-corrected chi connectivity index (χ1v) is 9.66. The molecule has 146 valence electrons. The number of ether oxygens (including phenoxy) is 1. The number of aromatic nitrogens is 2. The molecule has 2 aromatic carbocycles. The number of carbonyl (C=O) groups excluding carboxylic acids is 1. The number of rotatable bonds is 7. The number of carbonyl (C=O) groups is 1. The molecule has 6 heteroatoms. The average Bonchev–Trinajstić information content (AvgIpc) is 3.17. The molecule has 1 unspecified atom stereocenters. The number of hydrogen-bond donors (Lipinski definition) is 1. The molecule has 0 aliphatic rings. The van der Waals surface area contributed by atoms with Crippen LogP contribution in [0, 0.1) is 6.92 Å². The first-order chi connectivity index (χ1) is 13.5. The maximum atomic E-state index is 12.6. The molecular weight excluding hydrogens is 374 g/mol. The van der Waals surface area contributed by atoms with Crippen LogP contribution in [0.15, 0.2) is 54.7 Å². The number of aryl methyl sites for hydroxylation is 2. The van der Waals surface area contributed by atoms with Gasteiger partial charge in [0.15, 0.2) is 0 Å². The van der Waals surface area contributed by atoms with Gasteiger partial charge in [-0.05, 0) is 68.3 Å². The van der Waals surface area contributed by atoms with Crippen molar-refractivity contribution in [1.29, 1.82) is 0 Å². The van der Waals surface area contributed by atoms with Gasteiger partial charge >= 0.3 is 0 Å². The number of hydrogen-bond acceptors (Lipinski definition) is 3. The molecule has 1 heterocycles. The van der Waals surface area contributed by atoms with Gasteiger partial charge in [-0.3, -0.25) is 9.48 Å². The monoisotopic (exact) mass is 397 g/mol. The summed E-state index contributed by atoms with van der Waals surface area (Å²) >= 11 is 5.98. The van der Waals surface area contributed by atoms with Crippen LogP contribution in [0.3, 0.4) is 0 Å². The van der Waals surface area contributed by atoms with Crippen molar-refractivity contribution in [2.45, 2.75) is 40.0 Å². The maximum absolute atomic E-state index is 12.6. The number of benzene rings is 2. The van der Waals surface area contributed by atoms with Crippen molar-refractivity contribution in [2.75, 3.05) is 0 Å². The van der Waals surface area contributed by atoms with Crippen molar-refractivity contribution in [3.05, 3.63) is 82.1 Å². The van der Waals surface area contributed by atoms with Crippen LogP contribution in [0.2, 0.25) is 5.02 Å². The molecule has 1 aromatic heterocycles. The third-order valence-electron chi connectivity index (χ3n) is 4.50. The molecule has 1 N–H and O–H groups in total. The Bertz CT molecular complexity index is 968.